The van der Waals surface area contributed by atoms with Crippen LogP contribution in [-0.4, -0.2) is 240 Å². The lowest BCUT2D eigenvalue weighted by Crippen LogP contribution is -2.62. The van der Waals surface area contributed by atoms with Gasteiger partial charge in [0.2, 0.25) is 0 Å². The molecular formula is C94H158N6O24. The Morgan fingerprint density at radius 2 is 0.435 bits per heavy atom. The number of carbonyl (C=O) groups is 9. The molecule has 0 bridgehead atoms. The fourth-order valence-electron chi connectivity index (χ4n) is 21.8. The number of unbranched alkanes of at least 4 members (excludes halogenated alkanes) is 3. The molecule has 5 N–H and O–H groups in total. The fraction of sp³-hybridized carbons (Fsp3) is 0.840. The number of nitrogens with zero attached hydrogens (tertiary/aromatic N) is 6. The highest BCUT2D eigenvalue weighted by molar-refractivity contribution is 6.03. The molecule has 0 saturated carbocycles. The molecule has 6 heterocycles. The van der Waals surface area contributed by atoms with E-state index in [0.717, 1.165) is 6.07 Å². The predicted molar refractivity (Wildman–Crippen MR) is 461 cm³/mol. The van der Waals surface area contributed by atoms with Gasteiger partial charge in [0, 0.05) is 144 Å². The van der Waals surface area contributed by atoms with Gasteiger partial charge in [0.05, 0.1) is 43.6 Å². The van der Waals surface area contributed by atoms with Gasteiger partial charge >= 0.3 is 53.7 Å². The molecule has 1 unspecified atom stereocenters. The van der Waals surface area contributed by atoms with Crippen molar-refractivity contribution in [2.45, 2.75) is 463 Å². The first-order chi connectivity index (χ1) is 56.9. The molecule has 6 fully saturated rings. The monoisotopic (exact) mass is 1760 g/mol. The molecular weight excluding hydrogens is 1600 g/mol. The first-order valence-corrected chi connectivity index (χ1v) is 45.6. The van der Waals surface area contributed by atoms with E-state index in [1.54, 1.807) is 7.11 Å². The number of hydrogen-bond donors (Lipinski definition) is 5. The highest BCUT2D eigenvalue weighted by Crippen LogP contribution is 2.49. The summed E-state index contributed by atoms with van der Waals surface area (Å²) in [6.07, 6.45) is 0.409. The average molecular weight is 1760 g/mol. The Hall–Kier alpha value is -6.03. The van der Waals surface area contributed by atoms with Crippen LogP contribution in [-0.2, 0) is 76.2 Å². The van der Waals surface area contributed by atoms with E-state index in [4.69, 9.17) is 47.5 Å². The maximum atomic E-state index is 15.4. The molecule has 124 heavy (non-hydrogen) atoms. The Labute approximate surface area is 738 Å². The lowest BCUT2D eigenvalue weighted by molar-refractivity contribution is -0.279. The van der Waals surface area contributed by atoms with Gasteiger partial charge in [-0.2, -0.15) is 30.4 Å². The van der Waals surface area contributed by atoms with Gasteiger partial charge in [0.25, 0.3) is 0 Å². The molecule has 1 atom stereocenters. The largest absolute Gasteiger partial charge is 0.462 e. The lowest BCUT2D eigenvalue weighted by atomic mass is 9.76. The quantitative estimate of drug-likeness (QED) is 0.0179. The van der Waals surface area contributed by atoms with E-state index in [-0.39, 0.29) is 139 Å². The van der Waals surface area contributed by atoms with Crippen LogP contribution in [0.1, 0.15) is 391 Å². The summed E-state index contributed by atoms with van der Waals surface area (Å²) in [4.78, 5) is 143. The maximum absolute atomic E-state index is 15.4. The van der Waals surface area contributed by atoms with Crippen LogP contribution in [0.5, 0.6) is 0 Å². The van der Waals surface area contributed by atoms with Crippen molar-refractivity contribution in [3.05, 3.63) is 34.9 Å². The van der Waals surface area contributed by atoms with Gasteiger partial charge in [-0.3, -0.25) is 28.8 Å². The summed E-state index contributed by atoms with van der Waals surface area (Å²) in [6, 6.07) is 3.50. The van der Waals surface area contributed by atoms with Crippen LogP contribution >= 0.6 is 0 Å². The molecule has 0 aromatic heterocycles. The minimum Gasteiger partial charge on any atom is -0.462 e. The van der Waals surface area contributed by atoms with E-state index in [1.807, 2.05) is 192 Å². The van der Waals surface area contributed by atoms with Crippen molar-refractivity contribution in [2.75, 3.05) is 26.9 Å². The van der Waals surface area contributed by atoms with Crippen molar-refractivity contribution in [2.24, 2.45) is 16.2 Å². The first-order valence-electron chi connectivity index (χ1n) is 45.6. The second-order valence-electron chi connectivity index (χ2n) is 44.5. The van der Waals surface area contributed by atoms with Gasteiger partial charge in [-0.05, 0) is 242 Å². The Kier molecular flexibility index (Phi) is 33.7. The number of benzene rings is 1. The molecule has 0 amide bonds. The summed E-state index contributed by atoms with van der Waals surface area (Å²) in [7, 11) is 1.59. The van der Waals surface area contributed by atoms with Crippen molar-refractivity contribution >= 4 is 53.7 Å². The van der Waals surface area contributed by atoms with Gasteiger partial charge < -0.3 is 73.5 Å². The lowest BCUT2D eigenvalue weighted by Gasteiger charge is -2.53. The zero-order valence-corrected chi connectivity index (χ0v) is 80.6. The van der Waals surface area contributed by atoms with Crippen LogP contribution in [0.15, 0.2) is 18.2 Å². The third-order valence-electron chi connectivity index (χ3n) is 27.2. The van der Waals surface area contributed by atoms with E-state index in [2.05, 4.69) is 0 Å². The number of piperidine rings is 6. The first kappa shape index (κ1) is 105. The third-order valence-corrected chi connectivity index (χ3v) is 27.2. The van der Waals surface area contributed by atoms with E-state index < -0.39 is 193 Å². The van der Waals surface area contributed by atoms with Crippen molar-refractivity contribution in [1.29, 1.82) is 0 Å². The second kappa shape index (κ2) is 39.7. The Bertz CT molecular complexity index is 3490. The normalized spacial score (nSPS) is 23.7. The average Bonchev–Trinajstić information content (AvgIpc) is 0.812. The van der Waals surface area contributed by atoms with Crippen LogP contribution in [0.25, 0.3) is 0 Å². The fourth-order valence-corrected chi connectivity index (χ4v) is 21.8. The highest BCUT2D eigenvalue weighted by Gasteiger charge is 2.60. The van der Waals surface area contributed by atoms with Gasteiger partial charge in [-0.25, -0.2) is 14.4 Å². The Balaban J connectivity index is 1.24. The van der Waals surface area contributed by atoms with E-state index in [1.165, 1.54) is 37.4 Å². The molecule has 0 aliphatic carbocycles. The molecule has 6 aliphatic heterocycles. The summed E-state index contributed by atoms with van der Waals surface area (Å²) in [6.45, 7) is 49.0. The number of esters is 9. The van der Waals surface area contributed by atoms with Gasteiger partial charge in [-0.15, -0.1) is 0 Å². The Morgan fingerprint density at radius 1 is 0.282 bits per heavy atom. The number of ether oxygens (including phenoxy) is 9. The standard InChI is InChI=1S/C94H158N6O24/c1-29-32-38-92(74(104)119-65-50-80(4,5)95(110)81(6,7)51-65,75(105)120-66-52-82(8,9)96(111)83(10,11)53-66)41-35-44-116-71(101)62-47-63(72(102)117-45-36-42-93(39-33-30-2,76(106)121-67-54-84(12,13)97(112)85(14,15)55-67)77(107)122-68-56-86(16,17)98(113)87(18,19)57-68)49-64(48-62)73(103)118-46-37-43-94(40-34-31-3,78(108)123-69-58-88(20,21)99(114)89(22,23)59-69)79(109)124-70-60-90(24,25)100(115-28)91(26,27)61-70/h47-49,65-70,110-114H,29-46,50-61H2,1-28H3. The minimum atomic E-state index is -1.95. The molecule has 30 nitrogen and oxygen atoms in total. The summed E-state index contributed by atoms with van der Waals surface area (Å²) in [5, 5.41) is 64.5. The van der Waals surface area contributed by atoms with E-state index >= 15 is 28.8 Å². The zero-order chi connectivity index (χ0) is 93.8. The molecule has 0 radical (unpaired) electrons. The van der Waals surface area contributed by atoms with E-state index in [0.29, 0.717) is 51.4 Å². The molecule has 7 rings (SSSR count). The topological polar surface area (TPSA) is 367 Å². The zero-order valence-electron chi connectivity index (χ0n) is 80.6. The van der Waals surface area contributed by atoms with Crippen molar-refractivity contribution in [3.8, 4) is 0 Å². The summed E-state index contributed by atoms with van der Waals surface area (Å²) in [5.41, 5.74) is -16.5. The molecule has 6 aliphatic rings. The second-order valence-corrected chi connectivity index (χ2v) is 44.5. The number of hydroxylamine groups is 12. The highest BCUT2D eigenvalue weighted by atomic mass is 16.7. The third kappa shape index (κ3) is 24.3. The Morgan fingerprint density at radius 3 is 0.589 bits per heavy atom. The molecule has 1 aromatic carbocycles. The van der Waals surface area contributed by atoms with Crippen molar-refractivity contribution in [1.82, 2.24) is 30.4 Å². The minimum absolute atomic E-state index is 0.00910. The molecule has 30 heteroatoms. The maximum Gasteiger partial charge on any atom is 0.338 e. The number of rotatable bonds is 37. The van der Waals surface area contributed by atoms with Crippen LogP contribution in [0.4, 0.5) is 0 Å². The summed E-state index contributed by atoms with van der Waals surface area (Å²) in [5.74, 6) is -8.12. The van der Waals surface area contributed by atoms with Crippen LogP contribution in [0, 0.1) is 16.2 Å². The molecule has 0 spiro atoms. The van der Waals surface area contributed by atoms with E-state index in [9.17, 15) is 40.4 Å². The van der Waals surface area contributed by atoms with Gasteiger partial charge in [0.1, 0.15) is 36.6 Å². The SMILES string of the molecule is CCCCC(CCCOC(=O)c1cc(C(=O)OCCCC(CCCC)(C(=O)OC2CC(C)(C)N(O)C(C)(C)C2)C(=O)OC2CC(C)(C)N(O)C(C)(C)C2)cc(C(=O)OCCCC(CCCC)(C(=O)OC2CC(C)(C)N(O)C(C)(C)C2)C(=O)OC2CC(C)(C)N(OC)C(C)(C)C2)c1)(C(=O)OC1CC(C)(C)N(O)C(C)(C)C1)C(=O)OC1CC(C)(C)N(O)C(C)(C)C1. The predicted octanol–water partition coefficient (Wildman–Crippen LogP) is 16.9. The smallest absolute Gasteiger partial charge is 0.338 e. The summed E-state index contributed by atoms with van der Waals surface area (Å²) >= 11 is 0. The molecule has 1 aromatic rings. The molecule has 708 valence electrons. The van der Waals surface area contributed by atoms with Crippen LogP contribution in [0.3, 0.4) is 0 Å². The van der Waals surface area contributed by atoms with Crippen LogP contribution in [0.2, 0.25) is 0 Å². The van der Waals surface area contributed by atoms with Crippen molar-refractivity contribution in [3.63, 3.8) is 0 Å². The number of hydrogen-bond acceptors (Lipinski definition) is 30. The van der Waals surface area contributed by atoms with Crippen LogP contribution < -0.4 is 0 Å². The molecule has 6 saturated heterocycles. The number of carbonyl (C=O) groups excluding carboxylic acids is 9. The van der Waals surface area contributed by atoms with Gasteiger partial charge in [0.15, 0.2) is 16.2 Å². The summed E-state index contributed by atoms with van der Waals surface area (Å²) < 4.78 is 56.7. The van der Waals surface area contributed by atoms with Crippen molar-refractivity contribution < 1.29 is 117 Å². The van der Waals surface area contributed by atoms with Gasteiger partial charge in [-0.1, -0.05) is 59.3 Å².